The smallest absolute Gasteiger partial charge is 0.328 e. The molecule has 2 saturated heterocycles. The molecule has 7 heteroatoms. The molecule has 2 heterocycles. The van der Waals surface area contributed by atoms with Gasteiger partial charge in [0.25, 0.3) is 5.91 Å². The monoisotopic (exact) mass is 335 g/mol. The molecule has 1 aromatic carbocycles. The lowest BCUT2D eigenvalue weighted by Crippen LogP contribution is -2.52. The van der Waals surface area contributed by atoms with Crippen molar-refractivity contribution < 1.29 is 28.9 Å². The second kappa shape index (κ2) is 7.63. The van der Waals surface area contributed by atoms with E-state index in [0.29, 0.717) is 24.5 Å². The van der Waals surface area contributed by atoms with E-state index in [-0.39, 0.29) is 25.2 Å². The molecule has 2 aliphatic rings. The summed E-state index contributed by atoms with van der Waals surface area (Å²) in [6.45, 7) is 1.82. The van der Waals surface area contributed by atoms with Gasteiger partial charge in [0.1, 0.15) is 12.4 Å². The summed E-state index contributed by atoms with van der Waals surface area (Å²) in [5.41, 5.74) is 0.410. The number of benzene rings is 1. The van der Waals surface area contributed by atoms with Crippen LogP contribution in [0.25, 0.3) is 0 Å². The number of aliphatic carboxylic acids is 1. The van der Waals surface area contributed by atoms with E-state index in [1.165, 1.54) is 4.90 Å². The largest absolute Gasteiger partial charge is 0.491 e. The lowest BCUT2D eigenvalue weighted by Gasteiger charge is -2.32. The number of hydrogen-bond acceptors (Lipinski definition) is 5. The van der Waals surface area contributed by atoms with Crippen molar-refractivity contribution in [3.8, 4) is 5.75 Å². The maximum atomic E-state index is 12.7. The molecule has 1 aromatic rings. The quantitative estimate of drug-likeness (QED) is 0.869. The first-order valence-corrected chi connectivity index (χ1v) is 8.11. The van der Waals surface area contributed by atoms with E-state index >= 15 is 0 Å². The van der Waals surface area contributed by atoms with Crippen LogP contribution in [0.1, 0.15) is 23.2 Å². The van der Waals surface area contributed by atoms with Crippen molar-refractivity contribution >= 4 is 11.9 Å². The molecule has 1 amide bonds. The second-order valence-electron chi connectivity index (χ2n) is 5.90. The van der Waals surface area contributed by atoms with Crippen LogP contribution in [0.5, 0.6) is 5.75 Å². The summed E-state index contributed by atoms with van der Waals surface area (Å²) in [6, 6.07) is 5.86. The SMILES string of the molecule is O=C(O)[C@H]1COCCN1C(=O)c1cccc(OC[C@@H]2CCCO2)c1. The molecular formula is C17H21NO6. The number of morpholine rings is 1. The third-order valence-corrected chi connectivity index (χ3v) is 4.22. The topological polar surface area (TPSA) is 85.3 Å². The molecule has 0 saturated carbocycles. The van der Waals surface area contributed by atoms with E-state index in [9.17, 15) is 14.7 Å². The number of carbonyl (C=O) groups excluding carboxylic acids is 1. The van der Waals surface area contributed by atoms with Crippen LogP contribution >= 0.6 is 0 Å². The lowest BCUT2D eigenvalue weighted by molar-refractivity contribution is -0.147. The van der Waals surface area contributed by atoms with Gasteiger partial charge >= 0.3 is 5.97 Å². The van der Waals surface area contributed by atoms with Gasteiger partial charge < -0.3 is 24.2 Å². The summed E-state index contributed by atoms with van der Waals surface area (Å²) in [7, 11) is 0. The number of carboxylic acids is 1. The summed E-state index contributed by atoms with van der Waals surface area (Å²) in [6.07, 6.45) is 2.12. The Hall–Kier alpha value is -2.12. The minimum atomic E-state index is -1.06. The van der Waals surface area contributed by atoms with Gasteiger partial charge in [0.15, 0.2) is 6.04 Å². The molecule has 2 aliphatic heterocycles. The highest BCUT2D eigenvalue weighted by Crippen LogP contribution is 2.19. The Kier molecular flexibility index (Phi) is 5.32. The first kappa shape index (κ1) is 16.7. The van der Waals surface area contributed by atoms with Crippen molar-refractivity contribution in [1.82, 2.24) is 4.90 Å². The van der Waals surface area contributed by atoms with Crippen LogP contribution in [-0.2, 0) is 14.3 Å². The van der Waals surface area contributed by atoms with E-state index < -0.39 is 12.0 Å². The van der Waals surface area contributed by atoms with Crippen LogP contribution in [-0.4, -0.2) is 67.0 Å². The molecule has 130 valence electrons. The molecule has 0 bridgehead atoms. The zero-order chi connectivity index (χ0) is 16.9. The van der Waals surface area contributed by atoms with Crippen LogP contribution in [0.3, 0.4) is 0 Å². The molecule has 0 unspecified atom stereocenters. The lowest BCUT2D eigenvalue weighted by atomic mass is 10.1. The predicted octanol–water partition coefficient (Wildman–Crippen LogP) is 1.17. The van der Waals surface area contributed by atoms with Crippen molar-refractivity contribution in [1.29, 1.82) is 0 Å². The zero-order valence-electron chi connectivity index (χ0n) is 13.3. The van der Waals surface area contributed by atoms with Gasteiger partial charge in [0.05, 0.1) is 19.3 Å². The van der Waals surface area contributed by atoms with Crippen LogP contribution in [0.2, 0.25) is 0 Å². The Morgan fingerprint density at radius 1 is 1.33 bits per heavy atom. The van der Waals surface area contributed by atoms with Gasteiger partial charge in [-0.15, -0.1) is 0 Å². The molecule has 2 atom stereocenters. The Bertz CT molecular complexity index is 598. The average Bonchev–Trinajstić information content (AvgIpc) is 3.13. The number of carboxylic acid groups (broad SMARTS) is 1. The third-order valence-electron chi connectivity index (χ3n) is 4.22. The van der Waals surface area contributed by atoms with Gasteiger partial charge in [-0.05, 0) is 31.0 Å². The number of ether oxygens (including phenoxy) is 3. The number of carbonyl (C=O) groups is 2. The van der Waals surface area contributed by atoms with Crippen LogP contribution < -0.4 is 4.74 Å². The highest BCUT2D eigenvalue weighted by atomic mass is 16.5. The van der Waals surface area contributed by atoms with E-state index in [1.54, 1.807) is 24.3 Å². The van der Waals surface area contributed by atoms with Crippen molar-refractivity contribution in [3.05, 3.63) is 29.8 Å². The summed E-state index contributed by atoms with van der Waals surface area (Å²) < 4.78 is 16.4. The fraction of sp³-hybridized carbons (Fsp3) is 0.529. The van der Waals surface area contributed by atoms with Gasteiger partial charge in [0, 0.05) is 18.7 Å². The number of hydrogen-bond donors (Lipinski definition) is 1. The Balaban J connectivity index is 1.67. The molecule has 0 aliphatic carbocycles. The molecule has 1 N–H and O–H groups in total. The van der Waals surface area contributed by atoms with E-state index in [2.05, 4.69) is 0 Å². The number of nitrogens with zero attached hydrogens (tertiary/aromatic N) is 1. The fourth-order valence-corrected chi connectivity index (χ4v) is 2.90. The van der Waals surface area contributed by atoms with Crippen LogP contribution in [0.4, 0.5) is 0 Å². The number of amides is 1. The van der Waals surface area contributed by atoms with Crippen LogP contribution in [0.15, 0.2) is 24.3 Å². The summed E-state index contributed by atoms with van der Waals surface area (Å²) in [5.74, 6) is -0.807. The minimum Gasteiger partial charge on any atom is -0.491 e. The van der Waals surface area contributed by atoms with E-state index in [4.69, 9.17) is 14.2 Å². The fourth-order valence-electron chi connectivity index (χ4n) is 2.90. The standard InChI is InChI=1S/C17H21NO6/c19-16(18-6-8-22-11-15(18)17(20)21)12-3-1-4-13(9-12)24-10-14-5-2-7-23-14/h1,3-4,9,14-15H,2,5-8,10-11H2,(H,20,21)/t14-,15+/m0/s1. The summed E-state index contributed by atoms with van der Waals surface area (Å²) in [4.78, 5) is 25.3. The Morgan fingerprint density at radius 3 is 2.96 bits per heavy atom. The molecule has 0 spiro atoms. The molecule has 24 heavy (non-hydrogen) atoms. The van der Waals surface area contributed by atoms with Crippen LogP contribution in [0, 0.1) is 0 Å². The summed E-state index contributed by atoms with van der Waals surface area (Å²) >= 11 is 0. The molecule has 3 rings (SSSR count). The molecular weight excluding hydrogens is 314 g/mol. The molecule has 2 fully saturated rings. The predicted molar refractivity (Wildman–Crippen MR) is 84.2 cm³/mol. The van der Waals surface area contributed by atoms with Crippen molar-refractivity contribution in [2.45, 2.75) is 25.0 Å². The molecule has 0 radical (unpaired) electrons. The third kappa shape index (κ3) is 3.85. The maximum Gasteiger partial charge on any atom is 0.328 e. The first-order chi connectivity index (χ1) is 11.6. The highest BCUT2D eigenvalue weighted by Gasteiger charge is 2.33. The van der Waals surface area contributed by atoms with Crippen molar-refractivity contribution in [3.63, 3.8) is 0 Å². The van der Waals surface area contributed by atoms with E-state index in [1.807, 2.05) is 0 Å². The maximum absolute atomic E-state index is 12.7. The normalized spacial score (nSPS) is 23.9. The van der Waals surface area contributed by atoms with Gasteiger partial charge in [-0.25, -0.2) is 4.79 Å². The molecule has 0 aromatic heterocycles. The van der Waals surface area contributed by atoms with Gasteiger partial charge in [-0.1, -0.05) is 6.07 Å². The van der Waals surface area contributed by atoms with Gasteiger partial charge in [-0.3, -0.25) is 4.79 Å². The molecule has 7 nitrogen and oxygen atoms in total. The average molecular weight is 335 g/mol. The summed E-state index contributed by atoms with van der Waals surface area (Å²) in [5, 5.41) is 9.25. The first-order valence-electron chi connectivity index (χ1n) is 8.11. The van der Waals surface area contributed by atoms with Crippen molar-refractivity contribution in [2.24, 2.45) is 0 Å². The Labute approximate surface area is 140 Å². The van der Waals surface area contributed by atoms with Gasteiger partial charge in [-0.2, -0.15) is 0 Å². The van der Waals surface area contributed by atoms with Gasteiger partial charge in [0.2, 0.25) is 0 Å². The Morgan fingerprint density at radius 2 is 2.21 bits per heavy atom. The van der Waals surface area contributed by atoms with E-state index in [0.717, 1.165) is 19.4 Å². The number of rotatable bonds is 5. The second-order valence-corrected chi connectivity index (χ2v) is 5.90. The minimum absolute atomic E-state index is 0.0102. The highest BCUT2D eigenvalue weighted by molar-refractivity contribution is 5.97. The zero-order valence-corrected chi connectivity index (χ0v) is 13.3. The van der Waals surface area contributed by atoms with Crippen molar-refractivity contribution in [2.75, 3.05) is 33.0 Å².